The second kappa shape index (κ2) is 9.88. The molecule has 0 fully saturated rings. The topological polar surface area (TPSA) is 84.2 Å². The van der Waals surface area contributed by atoms with Gasteiger partial charge in [-0.05, 0) is 37.6 Å². The lowest BCUT2D eigenvalue weighted by Crippen LogP contribution is -2.32. The van der Waals surface area contributed by atoms with Crippen LogP contribution < -0.4 is 16.4 Å². The largest absolute Gasteiger partial charge is 0.347 e. The summed E-state index contributed by atoms with van der Waals surface area (Å²) in [5.74, 6) is -0.955. The van der Waals surface area contributed by atoms with Crippen LogP contribution in [-0.4, -0.2) is 24.9 Å². The summed E-state index contributed by atoms with van der Waals surface area (Å²) in [4.78, 5) is 23.1. The molecule has 0 bridgehead atoms. The molecule has 4 N–H and O–H groups in total. The van der Waals surface area contributed by atoms with Gasteiger partial charge in [-0.3, -0.25) is 9.59 Å². The zero-order chi connectivity index (χ0) is 15.5. The predicted molar refractivity (Wildman–Crippen MR) is 80.2 cm³/mol. The van der Waals surface area contributed by atoms with E-state index in [9.17, 15) is 14.0 Å². The van der Waals surface area contributed by atoms with Crippen LogP contribution in [-0.2, 0) is 9.59 Å². The summed E-state index contributed by atoms with van der Waals surface area (Å²) in [5, 5.41) is 5.05. The molecular weight excluding hydrogens is 273 g/mol. The van der Waals surface area contributed by atoms with Gasteiger partial charge in [0.15, 0.2) is 0 Å². The Morgan fingerprint density at radius 2 is 1.86 bits per heavy atom. The Morgan fingerprint density at radius 3 is 2.57 bits per heavy atom. The maximum Gasteiger partial charge on any atom is 0.243 e. The second-order valence-electron chi connectivity index (χ2n) is 4.79. The van der Waals surface area contributed by atoms with Crippen molar-refractivity contribution < 1.29 is 14.0 Å². The molecule has 1 rings (SSSR count). The van der Waals surface area contributed by atoms with Gasteiger partial charge in [0, 0.05) is 12.1 Å². The van der Waals surface area contributed by atoms with E-state index >= 15 is 0 Å². The zero-order valence-electron chi connectivity index (χ0n) is 12.0. The van der Waals surface area contributed by atoms with E-state index < -0.39 is 5.82 Å². The van der Waals surface area contributed by atoms with Crippen molar-refractivity contribution in [3.05, 3.63) is 30.1 Å². The van der Waals surface area contributed by atoms with Crippen molar-refractivity contribution in [1.82, 2.24) is 5.32 Å². The van der Waals surface area contributed by atoms with Crippen LogP contribution in [0.1, 0.15) is 32.1 Å². The van der Waals surface area contributed by atoms with Gasteiger partial charge < -0.3 is 16.4 Å². The molecule has 5 nitrogen and oxygen atoms in total. The second-order valence-corrected chi connectivity index (χ2v) is 4.79. The van der Waals surface area contributed by atoms with Crippen molar-refractivity contribution in [3.8, 4) is 0 Å². The Balaban J connectivity index is 2.16. The van der Waals surface area contributed by atoms with E-state index in [1.807, 2.05) is 0 Å². The highest BCUT2D eigenvalue weighted by molar-refractivity contribution is 5.94. The SMILES string of the molecule is NCCCCCCC(=O)NCC(=O)Nc1cccc(F)c1. The Labute approximate surface area is 124 Å². The first-order valence-corrected chi connectivity index (χ1v) is 7.14. The monoisotopic (exact) mass is 295 g/mol. The number of rotatable bonds is 9. The Bertz CT molecular complexity index is 466. The number of halogens is 1. The third-order valence-electron chi connectivity index (χ3n) is 2.91. The van der Waals surface area contributed by atoms with E-state index in [0.717, 1.165) is 25.7 Å². The van der Waals surface area contributed by atoms with Crippen LogP contribution in [0, 0.1) is 5.82 Å². The summed E-state index contributed by atoms with van der Waals surface area (Å²) in [6.07, 6.45) is 4.14. The number of hydrogen-bond acceptors (Lipinski definition) is 3. The van der Waals surface area contributed by atoms with Crippen molar-refractivity contribution in [2.75, 3.05) is 18.4 Å². The molecule has 0 aromatic heterocycles. The highest BCUT2D eigenvalue weighted by Crippen LogP contribution is 2.08. The molecule has 2 amide bonds. The van der Waals surface area contributed by atoms with Crippen LogP contribution in [0.15, 0.2) is 24.3 Å². The van der Waals surface area contributed by atoms with E-state index in [1.54, 1.807) is 6.07 Å². The van der Waals surface area contributed by atoms with Crippen molar-refractivity contribution in [2.24, 2.45) is 5.73 Å². The molecule has 0 saturated heterocycles. The average Bonchev–Trinajstić information content (AvgIpc) is 2.45. The molecule has 0 aliphatic heterocycles. The average molecular weight is 295 g/mol. The van der Waals surface area contributed by atoms with Crippen LogP contribution in [0.5, 0.6) is 0 Å². The number of carbonyl (C=O) groups excluding carboxylic acids is 2. The lowest BCUT2D eigenvalue weighted by Gasteiger charge is -2.07. The van der Waals surface area contributed by atoms with Crippen LogP contribution in [0.2, 0.25) is 0 Å². The van der Waals surface area contributed by atoms with Crippen LogP contribution in [0.25, 0.3) is 0 Å². The fraction of sp³-hybridized carbons (Fsp3) is 0.467. The number of hydrogen-bond donors (Lipinski definition) is 3. The fourth-order valence-electron chi connectivity index (χ4n) is 1.82. The zero-order valence-corrected chi connectivity index (χ0v) is 12.0. The first kappa shape index (κ1) is 17.1. The number of anilines is 1. The summed E-state index contributed by atoms with van der Waals surface area (Å²) >= 11 is 0. The standard InChI is InChI=1S/C15H22FN3O2/c16-12-6-5-7-13(10-12)19-15(21)11-18-14(20)8-3-1-2-4-9-17/h5-7,10H,1-4,8-9,11,17H2,(H,18,20)(H,19,21). The van der Waals surface area contributed by atoms with Crippen molar-refractivity contribution >= 4 is 17.5 Å². The number of carbonyl (C=O) groups is 2. The molecule has 0 aliphatic carbocycles. The van der Waals surface area contributed by atoms with E-state index in [2.05, 4.69) is 10.6 Å². The lowest BCUT2D eigenvalue weighted by atomic mass is 10.1. The lowest BCUT2D eigenvalue weighted by molar-refractivity contribution is -0.124. The van der Waals surface area contributed by atoms with Gasteiger partial charge >= 0.3 is 0 Å². The first-order valence-electron chi connectivity index (χ1n) is 7.14. The summed E-state index contributed by atoms with van der Waals surface area (Å²) in [5.41, 5.74) is 5.75. The van der Waals surface area contributed by atoms with Gasteiger partial charge in [0.05, 0.1) is 6.54 Å². The summed E-state index contributed by atoms with van der Waals surface area (Å²) in [7, 11) is 0. The third kappa shape index (κ3) is 8.04. The molecule has 0 unspecified atom stereocenters. The number of benzene rings is 1. The van der Waals surface area contributed by atoms with E-state index in [4.69, 9.17) is 5.73 Å². The van der Waals surface area contributed by atoms with Gasteiger partial charge in [0.1, 0.15) is 5.82 Å². The van der Waals surface area contributed by atoms with Gasteiger partial charge in [-0.1, -0.05) is 18.9 Å². The molecular formula is C15H22FN3O2. The van der Waals surface area contributed by atoms with Crippen molar-refractivity contribution in [2.45, 2.75) is 32.1 Å². The van der Waals surface area contributed by atoms with Crippen molar-refractivity contribution in [1.29, 1.82) is 0 Å². The van der Waals surface area contributed by atoms with Crippen molar-refractivity contribution in [3.63, 3.8) is 0 Å². The normalized spacial score (nSPS) is 10.2. The molecule has 0 aliphatic rings. The Kier molecular flexibility index (Phi) is 8.04. The highest BCUT2D eigenvalue weighted by atomic mass is 19.1. The molecule has 1 aromatic rings. The van der Waals surface area contributed by atoms with Gasteiger partial charge in [-0.25, -0.2) is 4.39 Å². The number of nitrogens with two attached hydrogens (primary N) is 1. The van der Waals surface area contributed by atoms with Crippen LogP contribution in [0.3, 0.4) is 0 Å². The fourth-order valence-corrected chi connectivity index (χ4v) is 1.82. The number of nitrogens with one attached hydrogen (secondary N) is 2. The number of amides is 2. The van der Waals surface area contributed by atoms with Gasteiger partial charge in [-0.15, -0.1) is 0 Å². The number of unbranched alkanes of at least 4 members (excludes halogenated alkanes) is 3. The molecule has 116 valence electrons. The summed E-state index contributed by atoms with van der Waals surface area (Å²) < 4.78 is 12.9. The van der Waals surface area contributed by atoms with Gasteiger partial charge in [0.2, 0.25) is 11.8 Å². The maximum absolute atomic E-state index is 12.9. The van der Waals surface area contributed by atoms with E-state index in [1.165, 1.54) is 18.2 Å². The van der Waals surface area contributed by atoms with Crippen LogP contribution >= 0.6 is 0 Å². The van der Waals surface area contributed by atoms with E-state index in [0.29, 0.717) is 18.7 Å². The molecule has 0 saturated carbocycles. The molecule has 6 heteroatoms. The molecule has 0 spiro atoms. The smallest absolute Gasteiger partial charge is 0.243 e. The Hall–Kier alpha value is -1.95. The predicted octanol–water partition coefficient (Wildman–Crippen LogP) is 1.79. The molecule has 1 aromatic carbocycles. The summed E-state index contributed by atoms with van der Waals surface area (Å²) in [6, 6.07) is 5.60. The Morgan fingerprint density at radius 1 is 1.10 bits per heavy atom. The summed E-state index contributed by atoms with van der Waals surface area (Å²) in [6.45, 7) is 0.560. The minimum absolute atomic E-state index is 0.113. The van der Waals surface area contributed by atoms with Gasteiger partial charge in [-0.2, -0.15) is 0 Å². The first-order chi connectivity index (χ1) is 10.1. The quantitative estimate of drug-likeness (QED) is 0.607. The minimum Gasteiger partial charge on any atom is -0.347 e. The molecule has 0 radical (unpaired) electrons. The molecule has 21 heavy (non-hydrogen) atoms. The van der Waals surface area contributed by atoms with Crippen LogP contribution in [0.4, 0.5) is 10.1 Å². The highest BCUT2D eigenvalue weighted by Gasteiger charge is 2.06. The maximum atomic E-state index is 12.9. The molecule has 0 heterocycles. The third-order valence-corrected chi connectivity index (χ3v) is 2.91. The molecule has 0 atom stereocenters. The van der Waals surface area contributed by atoms with E-state index in [-0.39, 0.29) is 18.4 Å². The minimum atomic E-state index is -0.422. The van der Waals surface area contributed by atoms with Gasteiger partial charge in [0.25, 0.3) is 0 Å².